The van der Waals surface area contributed by atoms with E-state index in [0.717, 1.165) is 5.56 Å². The van der Waals surface area contributed by atoms with Crippen LogP contribution in [-0.4, -0.2) is 22.1 Å². The maximum atomic E-state index is 13.8. The highest BCUT2D eigenvalue weighted by Gasteiger charge is 2.14. The van der Waals surface area contributed by atoms with Gasteiger partial charge in [0, 0.05) is 17.6 Å². The summed E-state index contributed by atoms with van der Waals surface area (Å²) in [6.45, 7) is 1.96. The minimum atomic E-state index is -0.307. The van der Waals surface area contributed by atoms with Gasteiger partial charge in [-0.15, -0.1) is 11.3 Å². The quantitative estimate of drug-likeness (QED) is 0.800. The molecule has 1 unspecified atom stereocenters. The molecule has 21 heavy (non-hydrogen) atoms. The molecule has 0 spiro atoms. The molecule has 0 aliphatic heterocycles. The SMILES string of the molecule is COc1ccc(C(C)Nc2ncnc3scc(F)c23)cn1. The predicted molar refractivity (Wildman–Crippen MR) is 80.2 cm³/mol. The van der Waals surface area contributed by atoms with Crippen molar-refractivity contribution < 1.29 is 9.13 Å². The van der Waals surface area contributed by atoms with Gasteiger partial charge >= 0.3 is 0 Å². The van der Waals surface area contributed by atoms with E-state index < -0.39 is 0 Å². The van der Waals surface area contributed by atoms with Crippen molar-refractivity contribution in [3.63, 3.8) is 0 Å². The molecule has 0 saturated heterocycles. The van der Waals surface area contributed by atoms with Crippen LogP contribution in [0.15, 0.2) is 30.0 Å². The highest BCUT2D eigenvalue weighted by molar-refractivity contribution is 7.16. The standard InChI is InChI=1S/C14H13FN4OS/c1-8(9-3-4-11(20-2)16-5-9)19-13-12-10(15)6-21-14(12)18-7-17-13/h3-8H,1-2H3,(H,17,18,19). The number of ether oxygens (including phenoxy) is 1. The van der Waals surface area contributed by atoms with Crippen molar-refractivity contribution in [2.75, 3.05) is 12.4 Å². The van der Waals surface area contributed by atoms with Crippen molar-refractivity contribution in [2.24, 2.45) is 0 Å². The lowest BCUT2D eigenvalue weighted by molar-refractivity contribution is 0.397. The van der Waals surface area contributed by atoms with Crippen molar-refractivity contribution in [1.82, 2.24) is 15.0 Å². The number of nitrogens with zero attached hydrogens (tertiary/aromatic N) is 3. The molecule has 0 fully saturated rings. The first-order valence-electron chi connectivity index (χ1n) is 6.33. The second-order valence-electron chi connectivity index (χ2n) is 4.49. The number of halogens is 1. The lowest BCUT2D eigenvalue weighted by Crippen LogP contribution is -2.09. The summed E-state index contributed by atoms with van der Waals surface area (Å²) in [5, 5.41) is 5.06. The summed E-state index contributed by atoms with van der Waals surface area (Å²) in [6.07, 6.45) is 3.15. The van der Waals surface area contributed by atoms with Crippen LogP contribution in [0.2, 0.25) is 0 Å². The molecule has 1 atom stereocenters. The molecule has 1 N–H and O–H groups in total. The number of methoxy groups -OCH3 is 1. The summed E-state index contributed by atoms with van der Waals surface area (Å²) in [7, 11) is 1.57. The zero-order valence-corrected chi connectivity index (χ0v) is 12.3. The monoisotopic (exact) mass is 304 g/mol. The molecule has 0 aromatic carbocycles. The van der Waals surface area contributed by atoms with E-state index in [0.29, 0.717) is 21.9 Å². The van der Waals surface area contributed by atoms with Crippen LogP contribution < -0.4 is 10.1 Å². The molecule has 0 aliphatic rings. The highest BCUT2D eigenvalue weighted by atomic mass is 32.1. The highest BCUT2D eigenvalue weighted by Crippen LogP contribution is 2.30. The minimum absolute atomic E-state index is 0.0687. The number of pyridine rings is 1. The maximum absolute atomic E-state index is 13.8. The second kappa shape index (κ2) is 5.61. The Morgan fingerprint density at radius 2 is 2.14 bits per heavy atom. The molecule has 3 heterocycles. The Hall–Kier alpha value is -2.28. The normalized spacial score (nSPS) is 12.3. The van der Waals surface area contributed by atoms with Crippen LogP contribution >= 0.6 is 11.3 Å². The Morgan fingerprint density at radius 1 is 1.29 bits per heavy atom. The number of thiophene rings is 1. The Labute approximate surface area is 124 Å². The maximum Gasteiger partial charge on any atom is 0.212 e. The van der Waals surface area contributed by atoms with Gasteiger partial charge in [0.2, 0.25) is 5.88 Å². The first-order chi connectivity index (χ1) is 10.2. The van der Waals surface area contributed by atoms with Crippen LogP contribution in [0.25, 0.3) is 10.2 Å². The average molecular weight is 304 g/mol. The molecule has 108 valence electrons. The summed E-state index contributed by atoms with van der Waals surface area (Å²) in [5.41, 5.74) is 0.957. The first-order valence-corrected chi connectivity index (χ1v) is 7.21. The molecule has 7 heteroatoms. The zero-order chi connectivity index (χ0) is 14.8. The third-order valence-electron chi connectivity index (χ3n) is 3.15. The number of aromatic nitrogens is 3. The molecule has 3 rings (SSSR count). The summed E-state index contributed by atoms with van der Waals surface area (Å²) in [5.74, 6) is 0.736. The molecule has 0 radical (unpaired) electrons. The Morgan fingerprint density at radius 3 is 2.86 bits per heavy atom. The van der Waals surface area contributed by atoms with Gasteiger partial charge in [-0.2, -0.15) is 0 Å². The van der Waals surface area contributed by atoms with Gasteiger partial charge < -0.3 is 10.1 Å². The summed E-state index contributed by atoms with van der Waals surface area (Å²) >= 11 is 1.26. The second-order valence-corrected chi connectivity index (χ2v) is 5.34. The van der Waals surface area contributed by atoms with Crippen LogP contribution in [0.5, 0.6) is 5.88 Å². The molecule has 0 saturated carbocycles. The minimum Gasteiger partial charge on any atom is -0.481 e. The van der Waals surface area contributed by atoms with E-state index in [1.165, 1.54) is 23.0 Å². The van der Waals surface area contributed by atoms with Gasteiger partial charge in [-0.1, -0.05) is 6.07 Å². The van der Waals surface area contributed by atoms with E-state index in [-0.39, 0.29) is 11.9 Å². The lowest BCUT2D eigenvalue weighted by atomic mass is 10.1. The zero-order valence-electron chi connectivity index (χ0n) is 11.5. The Balaban J connectivity index is 1.88. The smallest absolute Gasteiger partial charge is 0.212 e. The van der Waals surface area contributed by atoms with Crippen LogP contribution in [0, 0.1) is 5.82 Å². The number of anilines is 1. The number of hydrogen-bond donors (Lipinski definition) is 1. The fraction of sp³-hybridized carbons (Fsp3) is 0.214. The molecule has 3 aromatic heterocycles. The first kappa shape index (κ1) is 13.7. The summed E-state index contributed by atoms with van der Waals surface area (Å²) in [4.78, 5) is 13.0. The van der Waals surface area contributed by atoms with Crippen LogP contribution in [0.4, 0.5) is 10.2 Å². The third-order valence-corrected chi connectivity index (χ3v) is 4.00. The predicted octanol–water partition coefficient (Wildman–Crippen LogP) is 3.41. The van der Waals surface area contributed by atoms with Gasteiger partial charge in [0.1, 0.15) is 22.8 Å². The van der Waals surface area contributed by atoms with Crippen LogP contribution in [0.1, 0.15) is 18.5 Å². The van der Waals surface area contributed by atoms with E-state index >= 15 is 0 Å². The van der Waals surface area contributed by atoms with E-state index in [1.807, 2.05) is 13.0 Å². The van der Waals surface area contributed by atoms with Gasteiger partial charge in [-0.25, -0.2) is 19.3 Å². The number of nitrogens with one attached hydrogen (secondary N) is 1. The summed E-state index contributed by atoms with van der Waals surface area (Å²) in [6, 6.07) is 3.63. The van der Waals surface area contributed by atoms with Crippen molar-refractivity contribution >= 4 is 27.4 Å². The van der Waals surface area contributed by atoms with E-state index in [1.54, 1.807) is 19.4 Å². The van der Waals surface area contributed by atoms with Gasteiger partial charge in [-0.3, -0.25) is 0 Å². The van der Waals surface area contributed by atoms with Gasteiger partial charge in [0.25, 0.3) is 0 Å². The Kier molecular flexibility index (Phi) is 3.66. The van der Waals surface area contributed by atoms with Crippen LogP contribution in [0.3, 0.4) is 0 Å². The van der Waals surface area contributed by atoms with Gasteiger partial charge in [0.05, 0.1) is 18.5 Å². The number of hydrogen-bond acceptors (Lipinski definition) is 6. The third kappa shape index (κ3) is 2.64. The number of rotatable bonds is 4. The molecule has 3 aromatic rings. The van der Waals surface area contributed by atoms with E-state index in [9.17, 15) is 4.39 Å². The largest absolute Gasteiger partial charge is 0.481 e. The van der Waals surface area contributed by atoms with Crippen molar-refractivity contribution in [1.29, 1.82) is 0 Å². The fourth-order valence-corrected chi connectivity index (χ4v) is 2.76. The van der Waals surface area contributed by atoms with Gasteiger partial charge in [0.15, 0.2) is 0 Å². The Bertz CT molecular complexity index is 759. The average Bonchev–Trinajstić information content (AvgIpc) is 2.90. The molecule has 0 bridgehead atoms. The van der Waals surface area contributed by atoms with Crippen LogP contribution in [-0.2, 0) is 0 Å². The molecular formula is C14H13FN4OS. The summed E-state index contributed by atoms with van der Waals surface area (Å²) < 4.78 is 18.8. The van der Waals surface area contributed by atoms with Crippen molar-refractivity contribution in [3.05, 3.63) is 41.4 Å². The molecule has 0 amide bonds. The molecule has 0 aliphatic carbocycles. The van der Waals surface area contributed by atoms with Crippen molar-refractivity contribution in [2.45, 2.75) is 13.0 Å². The lowest BCUT2D eigenvalue weighted by Gasteiger charge is -2.15. The van der Waals surface area contributed by atoms with Crippen molar-refractivity contribution in [3.8, 4) is 5.88 Å². The van der Waals surface area contributed by atoms with Gasteiger partial charge in [-0.05, 0) is 12.5 Å². The van der Waals surface area contributed by atoms with E-state index in [2.05, 4.69) is 20.3 Å². The van der Waals surface area contributed by atoms with E-state index in [4.69, 9.17) is 4.74 Å². The number of fused-ring (bicyclic) bond motifs is 1. The molecular weight excluding hydrogens is 291 g/mol. The molecule has 5 nitrogen and oxygen atoms in total. The topological polar surface area (TPSA) is 59.9 Å². The fourth-order valence-electron chi connectivity index (χ4n) is 2.01.